The van der Waals surface area contributed by atoms with Crippen molar-refractivity contribution in [3.05, 3.63) is 199 Å². The van der Waals surface area contributed by atoms with Crippen LogP contribution in [0.3, 0.4) is 0 Å². The Bertz CT molecular complexity index is 2480. The van der Waals surface area contributed by atoms with E-state index in [1.165, 1.54) is 68.4 Å². The van der Waals surface area contributed by atoms with E-state index < -0.39 is 5.20 Å². The van der Waals surface area contributed by atoms with E-state index in [0.29, 0.717) is 0 Å². The second kappa shape index (κ2) is 29.3. The van der Waals surface area contributed by atoms with E-state index in [4.69, 9.17) is 11.5 Å². The molecule has 0 fully saturated rings. The van der Waals surface area contributed by atoms with Crippen LogP contribution >= 0.6 is 38.9 Å². The number of unbranched alkanes of at least 4 members (excludes halogenated alkanes) is 1. The summed E-state index contributed by atoms with van der Waals surface area (Å²) >= 11 is 13.8. The van der Waals surface area contributed by atoms with Crippen molar-refractivity contribution in [3.63, 3.8) is 0 Å². The zero-order valence-corrected chi connectivity index (χ0v) is 41.4. The normalized spacial score (nSPS) is 11.0. The molecule has 0 saturated heterocycles. The highest BCUT2D eigenvalue weighted by Gasteiger charge is 2.21. The fraction of sp³-hybridized carbons (Fsp3) is 0.259. The minimum Gasteiger partial charge on any atom is -1.00 e. The van der Waals surface area contributed by atoms with Gasteiger partial charge in [-0.15, -0.1) is 0 Å². The molecular formula is C54H64Cl4N3OP. The zero-order chi connectivity index (χ0) is 45.5. The minimum atomic E-state index is -3.22. The Morgan fingerprint density at radius 2 is 1.10 bits per heavy atom. The summed E-state index contributed by atoms with van der Waals surface area (Å²) in [6.07, 6.45) is 10.0. The van der Waals surface area contributed by atoms with Gasteiger partial charge in [0, 0.05) is 48.3 Å². The van der Waals surface area contributed by atoms with Crippen molar-refractivity contribution in [2.75, 3.05) is 24.5 Å². The van der Waals surface area contributed by atoms with Gasteiger partial charge in [0.2, 0.25) is 0 Å². The Labute approximate surface area is 398 Å². The van der Waals surface area contributed by atoms with Crippen LogP contribution in [-0.4, -0.2) is 19.6 Å². The van der Waals surface area contributed by atoms with Gasteiger partial charge in [0.05, 0.1) is 0 Å². The smallest absolute Gasteiger partial charge is 0.339 e. The number of nitrogens with two attached hydrogens (primary N) is 2. The number of aryl methyl sites for hydroxylation is 4. The molecule has 0 amide bonds. The fourth-order valence-electron chi connectivity index (χ4n) is 6.80. The summed E-state index contributed by atoms with van der Waals surface area (Å²) in [5, 5.41) is 1.19. The SMILES string of the molecule is C=c1ccc(=C(c2ccc(CC)cc2)c2ccc3c(c2)CCc2ccccc2N3CCCC)cc1.C=c1ccc(=[C+]c2ccc(CC)cc2)cc1.CCN.CCN.O=P(Cl)(Cl)Cl.[Cl-]. The predicted molar refractivity (Wildman–Crippen MR) is 275 cm³/mol. The largest absolute Gasteiger partial charge is 1.00 e. The number of nitrogens with zero attached hydrogens (tertiary/aromatic N) is 1. The first-order valence-corrected chi connectivity index (χ1v) is 25.9. The predicted octanol–water partition coefficient (Wildman–Crippen LogP) is 9.05. The number of anilines is 2. The molecule has 1 aliphatic rings. The van der Waals surface area contributed by atoms with Crippen LogP contribution in [0.4, 0.5) is 11.4 Å². The van der Waals surface area contributed by atoms with E-state index in [0.717, 1.165) is 66.5 Å². The molecule has 0 atom stereocenters. The van der Waals surface area contributed by atoms with E-state index >= 15 is 0 Å². The molecule has 334 valence electrons. The highest BCUT2D eigenvalue weighted by Crippen LogP contribution is 2.61. The standard InChI is InChI=1S/C34H35N.C16H15.2C2H7N.Cl3OP.ClH/c1-4-6-23-35-32-10-8-7-9-27(32)19-20-30-24-31(21-22-33(30)35)34(28-15-11-25(3)12-16-28)29-17-13-26(5-2)14-18-29;1-3-14-8-10-16(11-9-14)12-15-6-4-13(2)5-7-15;2*1-2-3;1-5(2,3)4;/h7-18,21-22,24H,3-6,19-20,23H2,1-2H3;4-11H,2-3H2,1H3;2*2-3H2,1H3;;1H/q;+1;;;;/p-1. The van der Waals surface area contributed by atoms with Gasteiger partial charge >= 0.3 is 5.20 Å². The molecule has 6 aromatic carbocycles. The summed E-state index contributed by atoms with van der Waals surface area (Å²) in [6, 6.07) is 50.4. The molecule has 0 spiro atoms. The zero-order valence-electron chi connectivity index (χ0n) is 37.5. The van der Waals surface area contributed by atoms with Gasteiger partial charge in [0.25, 0.3) is 0 Å². The van der Waals surface area contributed by atoms with E-state index in [2.05, 4.69) is 194 Å². The Balaban J connectivity index is 0.000000403. The van der Waals surface area contributed by atoms with Gasteiger partial charge in [-0.1, -0.05) is 127 Å². The lowest BCUT2D eigenvalue weighted by Crippen LogP contribution is -3.00. The molecule has 6 aromatic rings. The van der Waals surface area contributed by atoms with Gasteiger partial charge in [-0.25, -0.2) is 0 Å². The number of rotatable bonds is 8. The van der Waals surface area contributed by atoms with E-state index in [9.17, 15) is 4.57 Å². The Hall–Kier alpha value is -4.18. The van der Waals surface area contributed by atoms with Crippen molar-refractivity contribution < 1.29 is 17.0 Å². The summed E-state index contributed by atoms with van der Waals surface area (Å²) < 4.78 is 9.51. The molecule has 0 saturated carbocycles. The van der Waals surface area contributed by atoms with Gasteiger partial charge < -0.3 is 28.8 Å². The first-order valence-electron chi connectivity index (χ1n) is 21.5. The molecule has 0 radical (unpaired) electrons. The first-order chi connectivity index (χ1) is 29.8. The van der Waals surface area contributed by atoms with Gasteiger partial charge in [-0.2, -0.15) is 0 Å². The van der Waals surface area contributed by atoms with Gasteiger partial charge in [-0.3, -0.25) is 4.57 Å². The quantitative estimate of drug-likeness (QED) is 0.118. The molecule has 9 heteroatoms. The molecule has 7 rings (SSSR count). The third kappa shape index (κ3) is 19.2. The Morgan fingerprint density at radius 3 is 1.62 bits per heavy atom. The van der Waals surface area contributed by atoms with E-state index in [-0.39, 0.29) is 12.4 Å². The Kier molecular flexibility index (Phi) is 25.6. The Morgan fingerprint density at radius 1 is 0.635 bits per heavy atom. The molecule has 1 aliphatic heterocycles. The van der Waals surface area contributed by atoms with Crippen LogP contribution in [-0.2, 0) is 30.2 Å². The fourth-order valence-corrected chi connectivity index (χ4v) is 6.80. The number of fused-ring (bicyclic) bond motifs is 2. The molecule has 0 unspecified atom stereocenters. The average Bonchev–Trinajstić information content (AvgIpc) is 3.41. The summed E-state index contributed by atoms with van der Waals surface area (Å²) in [7, 11) is 0. The molecule has 4 nitrogen and oxygen atoms in total. The molecule has 1 heterocycles. The van der Waals surface area contributed by atoms with Crippen molar-refractivity contribution in [1.82, 2.24) is 0 Å². The van der Waals surface area contributed by atoms with Crippen LogP contribution in [0.2, 0.25) is 0 Å². The van der Waals surface area contributed by atoms with Gasteiger partial charge in [-0.05, 0) is 176 Å². The topological polar surface area (TPSA) is 72.3 Å². The highest BCUT2D eigenvalue weighted by molar-refractivity contribution is 8.24. The summed E-state index contributed by atoms with van der Waals surface area (Å²) in [6.45, 7) is 21.0. The van der Waals surface area contributed by atoms with Crippen molar-refractivity contribution in [3.8, 4) is 0 Å². The van der Waals surface area contributed by atoms with Crippen LogP contribution in [0.25, 0.3) is 24.8 Å². The summed E-state index contributed by atoms with van der Waals surface area (Å²) in [5.74, 6) is 0. The lowest BCUT2D eigenvalue weighted by molar-refractivity contribution is -0.0000137. The third-order valence-corrected chi connectivity index (χ3v) is 9.84. The van der Waals surface area contributed by atoms with Gasteiger partial charge in [0.1, 0.15) is 10.8 Å². The maximum absolute atomic E-state index is 9.51. The second-order valence-corrected chi connectivity index (χ2v) is 21.3. The number of hydrogen-bond acceptors (Lipinski definition) is 4. The van der Waals surface area contributed by atoms with Crippen molar-refractivity contribution in [2.45, 2.75) is 73.1 Å². The summed E-state index contributed by atoms with van der Waals surface area (Å²) in [5.41, 5.74) is 23.0. The molecule has 0 bridgehead atoms. The number of hydrogen-bond donors (Lipinski definition) is 2. The molecule has 0 aliphatic carbocycles. The van der Waals surface area contributed by atoms with E-state index in [1.54, 1.807) is 0 Å². The van der Waals surface area contributed by atoms with Crippen molar-refractivity contribution in [2.24, 2.45) is 11.5 Å². The second-order valence-electron chi connectivity index (χ2n) is 14.7. The van der Waals surface area contributed by atoms with Crippen LogP contribution < -0.4 is 49.6 Å². The van der Waals surface area contributed by atoms with Gasteiger partial charge in [0.15, 0.2) is 0 Å². The van der Waals surface area contributed by atoms with Crippen LogP contribution in [0, 0.1) is 0 Å². The average molecular weight is 944 g/mol. The maximum atomic E-state index is 9.51. The summed E-state index contributed by atoms with van der Waals surface area (Å²) in [4.78, 5) is 2.55. The van der Waals surface area contributed by atoms with Crippen LogP contribution in [0.15, 0.2) is 140 Å². The number of para-hydroxylation sites is 1. The lowest BCUT2D eigenvalue weighted by Gasteiger charge is -2.27. The van der Waals surface area contributed by atoms with Crippen LogP contribution in [0.5, 0.6) is 0 Å². The molecule has 4 N–H and O–H groups in total. The minimum absolute atomic E-state index is 0. The highest BCUT2D eigenvalue weighted by atomic mass is 36.0. The lowest BCUT2D eigenvalue weighted by atomic mass is 9.92. The molecule has 0 aromatic heterocycles. The first kappa shape index (κ1) is 55.0. The van der Waals surface area contributed by atoms with Crippen molar-refractivity contribution >= 4 is 75.1 Å². The van der Waals surface area contributed by atoms with Crippen LogP contribution in [0.1, 0.15) is 86.4 Å². The van der Waals surface area contributed by atoms with Crippen molar-refractivity contribution in [1.29, 1.82) is 0 Å². The monoisotopic (exact) mass is 941 g/mol. The number of benzene rings is 6. The van der Waals surface area contributed by atoms with E-state index in [1.807, 2.05) is 38.1 Å². The molecular weight excluding hydrogens is 879 g/mol. The molecule has 63 heavy (non-hydrogen) atoms. The maximum Gasteiger partial charge on any atom is 0.339 e. The third-order valence-electron chi connectivity index (χ3n) is 9.84. The number of halogens is 4.